The second-order valence-corrected chi connectivity index (χ2v) is 13.4. The van der Waals surface area contributed by atoms with Crippen LogP contribution in [0.3, 0.4) is 0 Å². The molecule has 2 aliphatic rings. The van der Waals surface area contributed by atoms with Crippen molar-refractivity contribution in [3.63, 3.8) is 0 Å². The summed E-state index contributed by atoms with van der Waals surface area (Å²) < 4.78 is 5.61. The molecule has 2 aliphatic heterocycles. The van der Waals surface area contributed by atoms with Gasteiger partial charge in [-0.05, 0) is 43.6 Å². The molecule has 1 aromatic rings. The second kappa shape index (κ2) is 16.7. The highest BCUT2D eigenvalue weighted by atomic mass is 16.5. The van der Waals surface area contributed by atoms with Gasteiger partial charge in [0.1, 0.15) is 24.2 Å². The van der Waals surface area contributed by atoms with Gasteiger partial charge in [-0.2, -0.15) is 0 Å². The Morgan fingerprint density at radius 2 is 1.51 bits per heavy atom. The van der Waals surface area contributed by atoms with Crippen LogP contribution in [0.1, 0.15) is 65.9 Å². The molecule has 1 aromatic carbocycles. The Morgan fingerprint density at radius 3 is 2.11 bits per heavy atom. The maximum Gasteiger partial charge on any atom is 0.308 e. The average molecular weight is 658 g/mol. The van der Waals surface area contributed by atoms with Crippen LogP contribution in [0.15, 0.2) is 30.3 Å². The van der Waals surface area contributed by atoms with Crippen molar-refractivity contribution in [1.29, 1.82) is 0 Å². The SMILES string of the molecule is CC(C)C[C@@H]1OC(=O)CCNC(=O)[C@H](C(C)O)N(C)C(=O)[C@H](C(C)C)N(C)C(=O)[C@H](Cc2ccccc2)NC(=O)[C@@H]2CCCN2C1=O. The van der Waals surface area contributed by atoms with Crippen molar-refractivity contribution in [1.82, 2.24) is 25.3 Å². The summed E-state index contributed by atoms with van der Waals surface area (Å²) in [5, 5.41) is 16.0. The van der Waals surface area contributed by atoms with E-state index in [1.54, 1.807) is 13.8 Å². The van der Waals surface area contributed by atoms with Crippen molar-refractivity contribution < 1.29 is 38.6 Å². The molecule has 0 aromatic heterocycles. The minimum atomic E-state index is -1.33. The number of benzene rings is 1. The third-order valence-corrected chi connectivity index (χ3v) is 8.74. The van der Waals surface area contributed by atoms with E-state index in [2.05, 4.69) is 10.6 Å². The topological polar surface area (TPSA) is 166 Å². The van der Waals surface area contributed by atoms with Gasteiger partial charge in [-0.3, -0.25) is 28.8 Å². The summed E-state index contributed by atoms with van der Waals surface area (Å²) in [6.07, 6.45) is -1.41. The van der Waals surface area contributed by atoms with Crippen LogP contribution in [0.4, 0.5) is 0 Å². The molecule has 0 bridgehead atoms. The van der Waals surface area contributed by atoms with Crippen LogP contribution in [0.25, 0.3) is 0 Å². The van der Waals surface area contributed by atoms with Crippen molar-refractivity contribution in [2.45, 2.75) is 103 Å². The largest absolute Gasteiger partial charge is 0.452 e. The first-order valence-electron chi connectivity index (χ1n) is 16.5. The average Bonchev–Trinajstić information content (AvgIpc) is 3.49. The number of amides is 5. The molecular weight excluding hydrogens is 606 g/mol. The maximum absolute atomic E-state index is 14.2. The molecule has 47 heavy (non-hydrogen) atoms. The molecule has 0 spiro atoms. The Hall–Kier alpha value is -4.00. The molecule has 5 amide bonds. The first-order chi connectivity index (χ1) is 22.1. The van der Waals surface area contributed by atoms with Gasteiger partial charge in [0.15, 0.2) is 6.10 Å². The number of carbonyl (C=O) groups excluding carboxylic acids is 6. The summed E-state index contributed by atoms with van der Waals surface area (Å²) in [5.41, 5.74) is 0.775. The number of ether oxygens (including phenoxy) is 1. The minimum Gasteiger partial charge on any atom is -0.452 e. The third kappa shape index (κ3) is 9.52. The van der Waals surface area contributed by atoms with Gasteiger partial charge in [0.25, 0.3) is 5.91 Å². The Bertz CT molecular complexity index is 1290. The number of hydrogen-bond donors (Lipinski definition) is 3. The van der Waals surface area contributed by atoms with E-state index in [0.29, 0.717) is 12.8 Å². The predicted molar refractivity (Wildman–Crippen MR) is 173 cm³/mol. The van der Waals surface area contributed by atoms with Gasteiger partial charge in [0, 0.05) is 33.6 Å². The van der Waals surface area contributed by atoms with E-state index in [4.69, 9.17) is 4.74 Å². The zero-order valence-electron chi connectivity index (χ0n) is 28.6. The first kappa shape index (κ1) is 37.5. The van der Waals surface area contributed by atoms with Crippen LogP contribution in [0, 0.1) is 11.8 Å². The number of aliphatic hydroxyl groups is 1. The molecule has 13 nitrogen and oxygen atoms in total. The van der Waals surface area contributed by atoms with Gasteiger partial charge < -0.3 is 35.2 Å². The molecule has 0 aliphatic carbocycles. The maximum atomic E-state index is 14.2. The number of rotatable bonds is 6. The predicted octanol–water partition coefficient (Wildman–Crippen LogP) is 0.874. The summed E-state index contributed by atoms with van der Waals surface area (Å²) in [4.78, 5) is 85.8. The van der Waals surface area contributed by atoms with E-state index >= 15 is 0 Å². The third-order valence-electron chi connectivity index (χ3n) is 8.74. The fourth-order valence-electron chi connectivity index (χ4n) is 6.39. The smallest absolute Gasteiger partial charge is 0.308 e. The van der Waals surface area contributed by atoms with E-state index in [1.807, 2.05) is 44.2 Å². The molecule has 0 radical (unpaired) electrons. The van der Waals surface area contributed by atoms with Crippen LogP contribution in [-0.2, 0) is 39.9 Å². The molecule has 6 atom stereocenters. The van der Waals surface area contributed by atoms with E-state index in [1.165, 1.54) is 30.8 Å². The molecular formula is C34H51N5O8. The summed E-state index contributed by atoms with van der Waals surface area (Å²) in [5.74, 6) is -3.93. The number of hydrogen-bond acceptors (Lipinski definition) is 8. The summed E-state index contributed by atoms with van der Waals surface area (Å²) in [6, 6.07) is 4.79. The van der Waals surface area contributed by atoms with E-state index in [-0.39, 0.29) is 38.3 Å². The molecule has 260 valence electrons. The Kier molecular flexibility index (Phi) is 13.3. The molecule has 2 heterocycles. The number of cyclic esters (lactones) is 1. The Labute approximate surface area is 277 Å². The zero-order valence-corrected chi connectivity index (χ0v) is 28.6. The van der Waals surface area contributed by atoms with Gasteiger partial charge in [-0.25, -0.2) is 0 Å². The quantitative estimate of drug-likeness (QED) is 0.379. The molecule has 1 unspecified atom stereocenters. The monoisotopic (exact) mass is 657 g/mol. The minimum absolute atomic E-state index is 0.00914. The summed E-state index contributed by atoms with van der Waals surface area (Å²) in [7, 11) is 2.86. The normalized spacial score (nSPS) is 26.8. The van der Waals surface area contributed by atoms with Gasteiger partial charge in [-0.15, -0.1) is 0 Å². The van der Waals surface area contributed by atoms with Crippen LogP contribution >= 0.6 is 0 Å². The van der Waals surface area contributed by atoms with Crippen molar-refractivity contribution in [3.05, 3.63) is 35.9 Å². The summed E-state index contributed by atoms with van der Waals surface area (Å²) >= 11 is 0. The Balaban J connectivity index is 2.08. The molecule has 2 fully saturated rings. The highest BCUT2D eigenvalue weighted by molar-refractivity contribution is 5.96. The lowest BCUT2D eigenvalue weighted by Gasteiger charge is -2.38. The fraction of sp³-hybridized carbons (Fsp3) is 0.647. The van der Waals surface area contributed by atoms with Crippen LogP contribution in [-0.4, -0.2) is 119 Å². The van der Waals surface area contributed by atoms with Crippen LogP contribution in [0.2, 0.25) is 0 Å². The standard InChI is InChI=1S/C34H51N5O8/c1-20(2)18-26-33(45)39-17-11-14-25(39)30(42)36-24(19-23-12-9-8-10-13-23)32(44)37(6)28(21(3)4)34(46)38(7)29(22(5)40)31(43)35-16-15-27(41)47-26/h8-10,12-13,20-22,24-26,28-29,40H,11,14-19H2,1-7H3,(H,35,43)(H,36,42)/t22?,24-,25-,26-,28-,29-/m0/s1. The van der Waals surface area contributed by atoms with E-state index in [9.17, 15) is 33.9 Å². The lowest BCUT2D eigenvalue weighted by atomic mass is 9.97. The van der Waals surface area contributed by atoms with E-state index < -0.39 is 77.8 Å². The second-order valence-electron chi connectivity index (χ2n) is 13.4. The highest BCUT2D eigenvalue weighted by Crippen LogP contribution is 2.23. The lowest BCUT2D eigenvalue weighted by Crippen LogP contribution is -2.61. The number of nitrogens with one attached hydrogen (secondary N) is 2. The van der Waals surface area contributed by atoms with Crippen LogP contribution in [0.5, 0.6) is 0 Å². The number of likely N-dealkylation sites (N-methyl/N-ethyl adjacent to an activating group) is 2. The summed E-state index contributed by atoms with van der Waals surface area (Å²) in [6.45, 7) is 8.80. The van der Waals surface area contributed by atoms with Crippen molar-refractivity contribution in [3.8, 4) is 0 Å². The van der Waals surface area contributed by atoms with Gasteiger partial charge in [0.2, 0.25) is 23.6 Å². The molecule has 2 saturated heterocycles. The first-order valence-corrected chi connectivity index (χ1v) is 16.5. The van der Waals surface area contributed by atoms with Gasteiger partial charge >= 0.3 is 5.97 Å². The van der Waals surface area contributed by atoms with Crippen molar-refractivity contribution in [2.75, 3.05) is 27.2 Å². The van der Waals surface area contributed by atoms with Crippen molar-refractivity contribution >= 4 is 35.5 Å². The number of carbonyl (C=O) groups is 6. The number of aliphatic hydroxyl groups excluding tert-OH is 1. The highest BCUT2D eigenvalue weighted by Gasteiger charge is 2.43. The molecule has 3 N–H and O–H groups in total. The molecule has 3 rings (SSSR count). The number of nitrogens with zero attached hydrogens (tertiary/aromatic N) is 3. The molecule has 13 heteroatoms. The fourth-order valence-corrected chi connectivity index (χ4v) is 6.39. The zero-order chi connectivity index (χ0) is 35.0. The number of fused-ring (bicyclic) bond motifs is 1. The lowest BCUT2D eigenvalue weighted by molar-refractivity contribution is -0.162. The van der Waals surface area contributed by atoms with Crippen LogP contribution < -0.4 is 10.6 Å². The number of esters is 1. The van der Waals surface area contributed by atoms with Gasteiger partial charge in [-0.1, -0.05) is 58.0 Å². The molecule has 0 saturated carbocycles. The Morgan fingerprint density at radius 1 is 0.872 bits per heavy atom. The van der Waals surface area contributed by atoms with Crippen molar-refractivity contribution in [2.24, 2.45) is 11.8 Å². The van der Waals surface area contributed by atoms with Gasteiger partial charge in [0.05, 0.1) is 12.5 Å². The van der Waals surface area contributed by atoms with E-state index in [0.717, 1.165) is 10.5 Å².